The van der Waals surface area contributed by atoms with Crippen molar-refractivity contribution < 1.29 is 24.3 Å². The highest BCUT2D eigenvalue weighted by Crippen LogP contribution is 2.65. The number of hydrogen-bond acceptors (Lipinski definition) is 5. The monoisotopic (exact) mass is 518 g/mol. The van der Waals surface area contributed by atoms with Gasteiger partial charge in [0, 0.05) is 25.6 Å². The highest BCUT2D eigenvalue weighted by Gasteiger charge is 2.70. The SMILES string of the molecule is CC(C)C(=O)NC(C(=O)N1CC2C(C1C(=O)NC(CC1CC1)C(O)C(=O)N1CCC1)C2(C)C)C(C)(C)C. The quantitative estimate of drug-likeness (QED) is 0.428. The molecule has 0 aromatic carbocycles. The van der Waals surface area contributed by atoms with Crippen LogP contribution in [0.5, 0.6) is 0 Å². The molecule has 208 valence electrons. The number of nitrogens with zero attached hydrogens (tertiary/aromatic N) is 2. The predicted molar refractivity (Wildman–Crippen MR) is 139 cm³/mol. The van der Waals surface area contributed by atoms with Gasteiger partial charge < -0.3 is 25.5 Å². The van der Waals surface area contributed by atoms with Gasteiger partial charge in [-0.3, -0.25) is 19.2 Å². The Labute approximate surface area is 221 Å². The van der Waals surface area contributed by atoms with E-state index in [2.05, 4.69) is 24.5 Å². The molecule has 2 aliphatic heterocycles. The number of nitrogens with one attached hydrogen (secondary N) is 2. The summed E-state index contributed by atoms with van der Waals surface area (Å²) in [4.78, 5) is 56.4. The number of carbonyl (C=O) groups is 4. The fourth-order valence-corrected chi connectivity index (χ4v) is 6.08. The van der Waals surface area contributed by atoms with E-state index in [-0.39, 0.29) is 46.8 Å². The van der Waals surface area contributed by atoms with Gasteiger partial charge in [-0.1, -0.05) is 61.3 Å². The summed E-state index contributed by atoms with van der Waals surface area (Å²) in [6.07, 6.45) is 2.26. The average molecular weight is 519 g/mol. The first kappa shape index (κ1) is 27.9. The summed E-state index contributed by atoms with van der Waals surface area (Å²) in [6.45, 7) is 15.3. The summed E-state index contributed by atoms with van der Waals surface area (Å²) in [5.74, 6) is -0.758. The lowest BCUT2D eigenvalue weighted by molar-refractivity contribution is -0.148. The third-order valence-electron chi connectivity index (χ3n) is 9.10. The van der Waals surface area contributed by atoms with Crippen LogP contribution in [0.25, 0.3) is 0 Å². The Balaban J connectivity index is 1.54. The van der Waals surface area contributed by atoms with Crippen molar-refractivity contribution in [2.75, 3.05) is 19.6 Å². The number of likely N-dealkylation sites (tertiary alicyclic amines) is 2. The summed E-state index contributed by atoms with van der Waals surface area (Å²) < 4.78 is 0. The molecule has 0 bridgehead atoms. The summed E-state index contributed by atoms with van der Waals surface area (Å²) >= 11 is 0. The molecule has 0 aromatic heterocycles. The molecule has 9 heteroatoms. The van der Waals surface area contributed by atoms with E-state index >= 15 is 0 Å². The third-order valence-corrected chi connectivity index (χ3v) is 9.10. The van der Waals surface area contributed by atoms with E-state index in [0.29, 0.717) is 32.0 Å². The Morgan fingerprint density at radius 3 is 2.14 bits per heavy atom. The molecule has 0 aromatic rings. The molecular formula is C28H46N4O5. The summed E-state index contributed by atoms with van der Waals surface area (Å²) in [5.41, 5.74) is -0.617. The molecule has 4 rings (SSSR count). The Morgan fingerprint density at radius 1 is 1.03 bits per heavy atom. The van der Waals surface area contributed by atoms with E-state index in [1.165, 1.54) is 0 Å². The predicted octanol–water partition coefficient (Wildman–Crippen LogP) is 1.53. The van der Waals surface area contributed by atoms with Crippen molar-refractivity contribution in [2.24, 2.45) is 34.5 Å². The number of aliphatic hydroxyl groups excluding tert-OH is 1. The lowest BCUT2D eigenvalue weighted by Crippen LogP contribution is -2.61. The molecule has 2 heterocycles. The lowest BCUT2D eigenvalue weighted by atomic mass is 9.84. The molecule has 2 saturated carbocycles. The molecule has 9 nitrogen and oxygen atoms in total. The standard InChI is InChI=1S/C28H46N4O5/c1-15(2)23(34)30-22(27(3,4)5)26(37)32-14-17-19(28(17,6)7)20(32)24(35)29-18(13-16-9-10-16)21(33)25(36)31-11-8-12-31/h15-22,33H,8-14H2,1-7H3,(H,29,35)(H,30,34). The summed E-state index contributed by atoms with van der Waals surface area (Å²) in [6, 6.07) is -2.13. The highest BCUT2D eigenvalue weighted by molar-refractivity contribution is 5.94. The van der Waals surface area contributed by atoms with Crippen LogP contribution >= 0.6 is 0 Å². The first-order valence-corrected chi connectivity index (χ1v) is 14.0. The maximum Gasteiger partial charge on any atom is 0.253 e. The average Bonchev–Trinajstić information content (AvgIpc) is 3.61. The van der Waals surface area contributed by atoms with Crippen LogP contribution in [0.1, 0.15) is 74.1 Å². The fraction of sp³-hybridized carbons (Fsp3) is 0.857. The van der Waals surface area contributed by atoms with Gasteiger partial charge in [0.2, 0.25) is 17.7 Å². The molecule has 4 fully saturated rings. The lowest BCUT2D eigenvalue weighted by Gasteiger charge is -2.39. The summed E-state index contributed by atoms with van der Waals surface area (Å²) in [5, 5.41) is 16.9. The molecule has 37 heavy (non-hydrogen) atoms. The van der Waals surface area contributed by atoms with Gasteiger partial charge in [-0.2, -0.15) is 0 Å². The minimum Gasteiger partial charge on any atom is -0.381 e. The van der Waals surface area contributed by atoms with Gasteiger partial charge in [-0.25, -0.2) is 0 Å². The number of rotatable bonds is 9. The smallest absolute Gasteiger partial charge is 0.253 e. The minimum atomic E-state index is -1.29. The zero-order valence-electron chi connectivity index (χ0n) is 23.5. The Hall–Kier alpha value is -2.16. The van der Waals surface area contributed by atoms with Gasteiger partial charge in [-0.15, -0.1) is 0 Å². The Morgan fingerprint density at radius 2 is 1.65 bits per heavy atom. The van der Waals surface area contributed by atoms with Crippen LogP contribution in [0.15, 0.2) is 0 Å². The Bertz CT molecular complexity index is 933. The first-order valence-electron chi connectivity index (χ1n) is 14.0. The van der Waals surface area contributed by atoms with Gasteiger partial charge in [-0.05, 0) is 41.4 Å². The highest BCUT2D eigenvalue weighted by atomic mass is 16.3. The van der Waals surface area contributed by atoms with E-state index in [4.69, 9.17) is 0 Å². The van der Waals surface area contributed by atoms with Crippen LogP contribution in [0.2, 0.25) is 0 Å². The second kappa shape index (κ2) is 9.86. The maximum absolute atomic E-state index is 13.9. The molecule has 0 spiro atoms. The van der Waals surface area contributed by atoms with Gasteiger partial charge in [0.15, 0.2) is 6.10 Å². The van der Waals surface area contributed by atoms with Crippen molar-refractivity contribution in [3.8, 4) is 0 Å². The number of aliphatic hydroxyl groups is 1. The fourth-order valence-electron chi connectivity index (χ4n) is 6.08. The van der Waals surface area contributed by atoms with Crippen LogP contribution in [0.3, 0.4) is 0 Å². The van der Waals surface area contributed by atoms with Crippen molar-refractivity contribution in [3.63, 3.8) is 0 Å². The van der Waals surface area contributed by atoms with E-state index < -0.39 is 29.6 Å². The van der Waals surface area contributed by atoms with Crippen molar-refractivity contribution in [1.29, 1.82) is 0 Å². The van der Waals surface area contributed by atoms with Gasteiger partial charge >= 0.3 is 0 Å². The largest absolute Gasteiger partial charge is 0.381 e. The normalized spacial score (nSPS) is 28.6. The van der Waals surface area contributed by atoms with Crippen LogP contribution in [-0.2, 0) is 19.2 Å². The molecule has 6 atom stereocenters. The van der Waals surface area contributed by atoms with E-state index in [1.54, 1.807) is 23.6 Å². The molecule has 2 saturated heterocycles. The van der Waals surface area contributed by atoms with Crippen molar-refractivity contribution in [3.05, 3.63) is 0 Å². The van der Waals surface area contributed by atoms with Crippen LogP contribution in [0.4, 0.5) is 0 Å². The molecule has 4 aliphatic rings. The molecular weight excluding hydrogens is 472 g/mol. The summed E-state index contributed by atoms with van der Waals surface area (Å²) in [7, 11) is 0. The second-order valence-corrected chi connectivity index (χ2v) is 13.8. The topological polar surface area (TPSA) is 119 Å². The van der Waals surface area contributed by atoms with Gasteiger partial charge in [0.1, 0.15) is 12.1 Å². The van der Waals surface area contributed by atoms with E-state index in [0.717, 1.165) is 19.3 Å². The third kappa shape index (κ3) is 5.52. The van der Waals surface area contributed by atoms with Crippen molar-refractivity contribution in [1.82, 2.24) is 20.4 Å². The molecule has 3 N–H and O–H groups in total. The number of carbonyl (C=O) groups excluding carboxylic acids is 4. The number of fused-ring (bicyclic) bond motifs is 1. The van der Waals surface area contributed by atoms with Gasteiger partial charge in [0.05, 0.1) is 6.04 Å². The second-order valence-electron chi connectivity index (χ2n) is 13.8. The maximum atomic E-state index is 13.9. The molecule has 6 unspecified atom stereocenters. The number of piperidine rings is 1. The van der Waals surface area contributed by atoms with Gasteiger partial charge in [0.25, 0.3) is 5.91 Å². The minimum absolute atomic E-state index is 0.00247. The zero-order valence-corrected chi connectivity index (χ0v) is 23.5. The first-order chi connectivity index (χ1) is 17.1. The van der Waals surface area contributed by atoms with Crippen LogP contribution < -0.4 is 10.6 Å². The van der Waals surface area contributed by atoms with Crippen molar-refractivity contribution >= 4 is 23.6 Å². The van der Waals surface area contributed by atoms with E-state index in [9.17, 15) is 24.3 Å². The van der Waals surface area contributed by atoms with E-state index in [1.807, 2.05) is 20.8 Å². The van der Waals surface area contributed by atoms with Crippen LogP contribution in [0, 0.1) is 34.5 Å². The molecule has 4 amide bonds. The molecule has 2 aliphatic carbocycles. The Kier molecular flexibility index (Phi) is 7.42. The molecule has 0 radical (unpaired) electrons. The van der Waals surface area contributed by atoms with Crippen molar-refractivity contribution in [2.45, 2.75) is 98.4 Å². The number of amides is 4. The zero-order chi connectivity index (χ0) is 27.4. The van der Waals surface area contributed by atoms with Crippen LogP contribution in [-0.4, -0.2) is 82.4 Å². The number of hydrogen-bond donors (Lipinski definition) is 3.